The fraction of sp³-hybridized carbons (Fsp3) is 0.593. The first-order chi connectivity index (χ1) is 18.9. The summed E-state index contributed by atoms with van der Waals surface area (Å²) < 4.78 is 26.2. The van der Waals surface area contributed by atoms with Gasteiger partial charge in [0, 0.05) is 57.1 Å². The van der Waals surface area contributed by atoms with Crippen LogP contribution in [-0.4, -0.2) is 92.4 Å². The van der Waals surface area contributed by atoms with Gasteiger partial charge in [0.05, 0.1) is 20.3 Å². The van der Waals surface area contributed by atoms with Gasteiger partial charge < -0.3 is 24.6 Å². The Balaban J connectivity index is 1.41. The van der Waals surface area contributed by atoms with E-state index < -0.39 is 11.8 Å². The minimum absolute atomic E-state index is 0.00910. The van der Waals surface area contributed by atoms with Gasteiger partial charge in [0.15, 0.2) is 11.6 Å². The van der Waals surface area contributed by atoms with Gasteiger partial charge in [-0.15, -0.1) is 0 Å². The smallest absolute Gasteiger partial charge is 0.330 e. The number of aromatic nitrogens is 2. The number of likely N-dealkylation sites (N-methyl/N-ethyl adjacent to an activating group) is 1. The first-order valence-electron chi connectivity index (χ1n) is 13.7. The van der Waals surface area contributed by atoms with Gasteiger partial charge in [-0.05, 0) is 40.3 Å². The van der Waals surface area contributed by atoms with Crippen LogP contribution >= 0.6 is 11.6 Å². The summed E-state index contributed by atoms with van der Waals surface area (Å²) in [7, 11) is 3.53. The zero-order chi connectivity index (χ0) is 27.9. The number of rotatable bonds is 12. The van der Waals surface area contributed by atoms with Gasteiger partial charge in [0.25, 0.3) is 0 Å². The van der Waals surface area contributed by atoms with Crippen molar-refractivity contribution in [2.75, 3.05) is 81.7 Å². The average molecular weight is 564 g/mol. The molecule has 12 heteroatoms. The van der Waals surface area contributed by atoms with Crippen molar-refractivity contribution in [1.29, 1.82) is 0 Å². The highest BCUT2D eigenvalue weighted by Crippen LogP contribution is 2.44. The minimum atomic E-state index is -0.731. The fourth-order valence-electron chi connectivity index (χ4n) is 4.89. The van der Waals surface area contributed by atoms with Crippen LogP contribution in [0, 0.1) is 5.82 Å². The van der Waals surface area contributed by atoms with Crippen LogP contribution in [0.3, 0.4) is 0 Å². The number of carbonyl (C=O) groups excluding carboxylic acids is 1. The average Bonchev–Trinajstić information content (AvgIpc) is 2.93. The van der Waals surface area contributed by atoms with Gasteiger partial charge in [-0.1, -0.05) is 18.0 Å². The van der Waals surface area contributed by atoms with Gasteiger partial charge in [-0.3, -0.25) is 9.80 Å². The third-order valence-corrected chi connectivity index (χ3v) is 7.50. The Hall–Kier alpha value is -2.89. The van der Waals surface area contributed by atoms with Gasteiger partial charge in [-0.25, -0.2) is 14.2 Å². The van der Waals surface area contributed by atoms with Crippen molar-refractivity contribution in [3.05, 3.63) is 28.7 Å². The Morgan fingerprint density at radius 2 is 1.90 bits per heavy atom. The summed E-state index contributed by atoms with van der Waals surface area (Å²) in [5, 5.41) is 3.30. The number of fused-ring (bicyclic) bond motifs is 1. The summed E-state index contributed by atoms with van der Waals surface area (Å²) in [4.78, 5) is 30.3. The molecule has 0 radical (unpaired) electrons. The predicted molar refractivity (Wildman–Crippen MR) is 152 cm³/mol. The van der Waals surface area contributed by atoms with Crippen molar-refractivity contribution in [1.82, 2.24) is 19.8 Å². The van der Waals surface area contributed by atoms with Crippen molar-refractivity contribution in [3.8, 4) is 11.5 Å². The minimum Gasteiger partial charge on any atom is -0.493 e. The van der Waals surface area contributed by atoms with Crippen molar-refractivity contribution < 1.29 is 18.7 Å². The molecule has 0 atom stereocenters. The number of hydrogen-bond acceptors (Lipinski definition) is 8. The maximum Gasteiger partial charge on any atom is 0.330 e. The van der Waals surface area contributed by atoms with Crippen LogP contribution in [0.15, 0.2) is 12.3 Å². The van der Waals surface area contributed by atoms with E-state index in [4.69, 9.17) is 21.1 Å². The Kier molecular flexibility index (Phi) is 10.0. The topological polar surface area (TPSA) is 86.3 Å². The molecule has 2 aliphatic rings. The largest absolute Gasteiger partial charge is 0.493 e. The molecule has 0 unspecified atom stereocenters. The number of nitrogens with one attached hydrogen (secondary N) is 1. The van der Waals surface area contributed by atoms with Crippen molar-refractivity contribution >= 4 is 35.1 Å². The summed E-state index contributed by atoms with van der Waals surface area (Å²) >= 11 is 6.53. The molecule has 1 aromatic carbocycles. The van der Waals surface area contributed by atoms with Gasteiger partial charge in [0.2, 0.25) is 5.95 Å². The molecule has 1 fully saturated rings. The van der Waals surface area contributed by atoms with E-state index in [-0.39, 0.29) is 28.8 Å². The van der Waals surface area contributed by atoms with E-state index in [9.17, 15) is 4.79 Å². The standard InChI is InChI=1S/C27H39ClFN7O3/c1-5-35-25-19(17-31-26(32-25)30-10-8-7-9-11-34-14-12-33(3)13-15-34)18-36(27(35)37)24-22(28)20(39-6-2)16-21(38-4)23(24)29/h16-17H,5-15,18H2,1-4H3,(H,30,31,32). The lowest BCUT2D eigenvalue weighted by Gasteiger charge is -2.36. The molecule has 0 bridgehead atoms. The first kappa shape index (κ1) is 29.1. The van der Waals surface area contributed by atoms with E-state index in [1.807, 2.05) is 6.92 Å². The van der Waals surface area contributed by atoms with Crippen molar-refractivity contribution in [2.24, 2.45) is 0 Å². The number of methoxy groups -OCH3 is 1. The highest BCUT2D eigenvalue weighted by molar-refractivity contribution is 6.35. The lowest BCUT2D eigenvalue weighted by atomic mass is 10.1. The van der Waals surface area contributed by atoms with Crippen LogP contribution in [0.4, 0.5) is 26.6 Å². The lowest BCUT2D eigenvalue weighted by molar-refractivity contribution is 0.152. The number of hydrogen-bond donors (Lipinski definition) is 1. The van der Waals surface area contributed by atoms with E-state index in [1.165, 1.54) is 29.4 Å². The molecule has 0 spiro atoms. The Bertz CT molecular complexity index is 1150. The first-order valence-corrected chi connectivity index (χ1v) is 14.0. The predicted octanol–water partition coefficient (Wildman–Crippen LogP) is 4.47. The molecule has 4 rings (SSSR count). The third kappa shape index (κ3) is 6.64. The molecule has 0 saturated carbocycles. The van der Waals surface area contributed by atoms with Crippen molar-refractivity contribution in [3.63, 3.8) is 0 Å². The van der Waals surface area contributed by atoms with Gasteiger partial charge in [0.1, 0.15) is 22.3 Å². The summed E-state index contributed by atoms with van der Waals surface area (Å²) in [5.74, 6) is 0.436. The van der Waals surface area contributed by atoms with E-state index in [0.717, 1.165) is 52.1 Å². The van der Waals surface area contributed by atoms with Crippen LogP contribution < -0.4 is 24.6 Å². The number of amides is 2. The second-order valence-electron chi connectivity index (χ2n) is 9.77. The zero-order valence-electron chi connectivity index (χ0n) is 23.3. The lowest BCUT2D eigenvalue weighted by Crippen LogP contribution is -2.48. The molecule has 1 N–H and O–H groups in total. The zero-order valence-corrected chi connectivity index (χ0v) is 24.1. The molecule has 214 valence electrons. The molecule has 2 aromatic rings. The quantitative estimate of drug-likeness (QED) is 0.379. The number of nitrogens with zero attached hydrogens (tertiary/aromatic N) is 6. The van der Waals surface area contributed by atoms with E-state index in [0.29, 0.717) is 30.5 Å². The van der Waals surface area contributed by atoms with Gasteiger partial charge in [-0.2, -0.15) is 4.98 Å². The summed E-state index contributed by atoms with van der Waals surface area (Å²) in [6, 6.07) is 0.952. The number of piperazine rings is 1. The SMILES string of the molecule is CCOc1cc(OC)c(F)c(N2Cc3cnc(NCCCCCN4CCN(C)CC4)nc3N(CC)C2=O)c1Cl. The maximum atomic E-state index is 15.4. The number of urea groups is 1. The normalized spacial score (nSPS) is 16.4. The van der Waals surface area contributed by atoms with Crippen LogP contribution in [0.1, 0.15) is 38.7 Å². The maximum absolute atomic E-state index is 15.4. The monoisotopic (exact) mass is 563 g/mol. The molecular weight excluding hydrogens is 525 g/mol. The molecule has 2 aliphatic heterocycles. The van der Waals surface area contributed by atoms with Crippen LogP contribution in [0.2, 0.25) is 5.02 Å². The van der Waals surface area contributed by atoms with E-state index >= 15 is 4.39 Å². The Labute approximate surface area is 235 Å². The highest BCUT2D eigenvalue weighted by Gasteiger charge is 2.36. The molecule has 0 aliphatic carbocycles. The van der Waals surface area contributed by atoms with E-state index in [1.54, 1.807) is 13.1 Å². The number of halogens is 2. The summed E-state index contributed by atoms with van der Waals surface area (Å²) in [6.45, 7) is 10.8. The number of anilines is 3. The molecule has 39 heavy (non-hydrogen) atoms. The Morgan fingerprint density at radius 3 is 2.59 bits per heavy atom. The molecule has 1 saturated heterocycles. The van der Waals surface area contributed by atoms with Gasteiger partial charge >= 0.3 is 6.03 Å². The van der Waals surface area contributed by atoms with Crippen molar-refractivity contribution in [2.45, 2.75) is 39.7 Å². The molecule has 2 amide bonds. The molecular formula is C27H39ClFN7O3. The van der Waals surface area contributed by atoms with Crippen LogP contribution in [0.5, 0.6) is 11.5 Å². The highest BCUT2D eigenvalue weighted by atomic mass is 35.5. The molecule has 1 aromatic heterocycles. The third-order valence-electron chi connectivity index (χ3n) is 7.13. The number of ether oxygens (including phenoxy) is 2. The Morgan fingerprint density at radius 1 is 1.13 bits per heavy atom. The second-order valence-corrected chi connectivity index (χ2v) is 10.2. The summed E-state index contributed by atoms with van der Waals surface area (Å²) in [6.07, 6.45) is 4.97. The second kappa shape index (κ2) is 13.5. The number of carbonyl (C=O) groups is 1. The van der Waals surface area contributed by atoms with Crippen LogP contribution in [0.25, 0.3) is 0 Å². The number of benzene rings is 1. The summed E-state index contributed by atoms with van der Waals surface area (Å²) in [5.41, 5.74) is 0.595. The number of unbranched alkanes of at least 4 members (excludes halogenated alkanes) is 2. The fourth-order valence-corrected chi connectivity index (χ4v) is 5.19. The molecule has 3 heterocycles. The van der Waals surface area contributed by atoms with E-state index in [2.05, 4.69) is 32.1 Å². The molecule has 10 nitrogen and oxygen atoms in total. The van der Waals surface area contributed by atoms with Crippen LogP contribution in [-0.2, 0) is 6.54 Å².